The molecule has 0 atom stereocenters. The molecular formula is C12H8N2O. The molecular weight excluding hydrogens is 188 g/mol. The van der Waals surface area contributed by atoms with Crippen molar-refractivity contribution in [2.75, 3.05) is 0 Å². The molecule has 3 aromatic rings. The highest BCUT2D eigenvalue weighted by Crippen LogP contribution is 2.20. The van der Waals surface area contributed by atoms with Crippen molar-refractivity contribution in [3.8, 4) is 0 Å². The van der Waals surface area contributed by atoms with Gasteiger partial charge >= 0.3 is 0 Å². The predicted octanol–water partition coefficient (Wildman–Crippen LogP) is 2.02. The minimum absolute atomic E-state index is 0.679. The summed E-state index contributed by atoms with van der Waals surface area (Å²) in [5, 5.41) is 13.5. The SMILES string of the molecule is [O-][n+]1cccc2c3cccnc3ccc21. The van der Waals surface area contributed by atoms with Gasteiger partial charge in [-0.3, -0.25) is 4.98 Å². The lowest BCUT2D eigenvalue weighted by Crippen LogP contribution is -2.25. The number of rotatable bonds is 0. The Balaban J connectivity index is 2.60. The van der Waals surface area contributed by atoms with Crippen LogP contribution in [0.3, 0.4) is 0 Å². The monoisotopic (exact) mass is 196 g/mol. The smallest absolute Gasteiger partial charge is 0.224 e. The van der Waals surface area contributed by atoms with Crippen molar-refractivity contribution < 1.29 is 4.73 Å². The van der Waals surface area contributed by atoms with Gasteiger partial charge in [-0.1, -0.05) is 6.07 Å². The van der Waals surface area contributed by atoms with Gasteiger partial charge < -0.3 is 5.21 Å². The van der Waals surface area contributed by atoms with E-state index in [9.17, 15) is 5.21 Å². The topological polar surface area (TPSA) is 39.8 Å². The van der Waals surface area contributed by atoms with Crippen LogP contribution in [0, 0.1) is 5.21 Å². The van der Waals surface area contributed by atoms with Gasteiger partial charge in [-0.2, -0.15) is 4.73 Å². The van der Waals surface area contributed by atoms with Gasteiger partial charge in [0.1, 0.15) is 0 Å². The molecule has 0 amide bonds. The van der Waals surface area contributed by atoms with E-state index in [1.807, 2.05) is 24.3 Å². The van der Waals surface area contributed by atoms with Crippen LogP contribution >= 0.6 is 0 Å². The number of aromatic nitrogens is 2. The average molecular weight is 196 g/mol. The molecule has 0 spiro atoms. The van der Waals surface area contributed by atoms with Gasteiger partial charge in [-0.15, -0.1) is 0 Å². The second-order valence-electron chi connectivity index (χ2n) is 3.40. The lowest BCUT2D eigenvalue weighted by Gasteiger charge is -2.03. The van der Waals surface area contributed by atoms with Crippen LogP contribution in [0.2, 0.25) is 0 Å². The fourth-order valence-corrected chi connectivity index (χ4v) is 1.83. The molecule has 72 valence electrons. The van der Waals surface area contributed by atoms with Gasteiger partial charge in [0.05, 0.1) is 10.9 Å². The van der Waals surface area contributed by atoms with Crippen LogP contribution in [0.4, 0.5) is 0 Å². The first-order valence-electron chi connectivity index (χ1n) is 4.72. The van der Waals surface area contributed by atoms with Crippen molar-refractivity contribution in [2.45, 2.75) is 0 Å². The van der Waals surface area contributed by atoms with Gasteiger partial charge in [0.15, 0.2) is 6.20 Å². The molecule has 0 unspecified atom stereocenters. The molecule has 0 saturated carbocycles. The van der Waals surface area contributed by atoms with Crippen molar-refractivity contribution in [1.82, 2.24) is 4.98 Å². The Labute approximate surface area is 86.2 Å². The lowest BCUT2D eigenvalue weighted by atomic mass is 10.1. The van der Waals surface area contributed by atoms with E-state index in [4.69, 9.17) is 0 Å². The normalized spacial score (nSPS) is 10.9. The summed E-state index contributed by atoms with van der Waals surface area (Å²) in [5.74, 6) is 0. The third-order valence-corrected chi connectivity index (χ3v) is 2.53. The van der Waals surface area contributed by atoms with E-state index < -0.39 is 0 Å². The Morgan fingerprint density at radius 3 is 2.80 bits per heavy atom. The Bertz CT molecular complexity index is 649. The zero-order valence-electron chi connectivity index (χ0n) is 7.92. The molecule has 0 N–H and O–H groups in total. The Kier molecular flexibility index (Phi) is 1.59. The average Bonchev–Trinajstić information content (AvgIpc) is 2.29. The molecule has 3 rings (SSSR count). The van der Waals surface area contributed by atoms with E-state index in [1.54, 1.807) is 18.3 Å². The van der Waals surface area contributed by atoms with Crippen LogP contribution in [-0.2, 0) is 0 Å². The molecule has 15 heavy (non-hydrogen) atoms. The summed E-state index contributed by atoms with van der Waals surface area (Å²) < 4.78 is 0.877. The summed E-state index contributed by atoms with van der Waals surface area (Å²) in [5.41, 5.74) is 1.59. The van der Waals surface area contributed by atoms with Crippen molar-refractivity contribution >= 4 is 21.8 Å². The van der Waals surface area contributed by atoms with Crippen molar-refractivity contribution in [1.29, 1.82) is 0 Å². The predicted molar refractivity (Wildman–Crippen MR) is 58.2 cm³/mol. The molecule has 0 saturated heterocycles. The van der Waals surface area contributed by atoms with E-state index in [0.29, 0.717) is 5.52 Å². The first-order chi connectivity index (χ1) is 7.36. The van der Waals surface area contributed by atoms with Gasteiger partial charge in [-0.05, 0) is 18.2 Å². The van der Waals surface area contributed by atoms with Crippen molar-refractivity contribution in [3.05, 3.63) is 54.0 Å². The summed E-state index contributed by atoms with van der Waals surface area (Å²) >= 11 is 0. The second kappa shape index (κ2) is 2.92. The number of fused-ring (bicyclic) bond motifs is 3. The third-order valence-electron chi connectivity index (χ3n) is 2.53. The summed E-state index contributed by atoms with van der Waals surface area (Å²) in [6.45, 7) is 0. The Hall–Kier alpha value is -2.16. The van der Waals surface area contributed by atoms with E-state index in [-0.39, 0.29) is 0 Å². The van der Waals surface area contributed by atoms with Gasteiger partial charge in [-0.25, -0.2) is 0 Å². The molecule has 3 heteroatoms. The van der Waals surface area contributed by atoms with Crippen LogP contribution in [-0.4, -0.2) is 4.98 Å². The quantitative estimate of drug-likeness (QED) is 0.313. The van der Waals surface area contributed by atoms with Crippen LogP contribution in [0.25, 0.3) is 21.8 Å². The van der Waals surface area contributed by atoms with Gasteiger partial charge in [0, 0.05) is 23.7 Å². The number of pyridine rings is 2. The van der Waals surface area contributed by atoms with Crippen molar-refractivity contribution in [2.24, 2.45) is 0 Å². The number of benzene rings is 1. The minimum Gasteiger partial charge on any atom is -0.618 e. The summed E-state index contributed by atoms with van der Waals surface area (Å²) in [6, 6.07) is 11.2. The van der Waals surface area contributed by atoms with Gasteiger partial charge in [0.25, 0.3) is 0 Å². The maximum atomic E-state index is 11.5. The molecule has 0 radical (unpaired) electrons. The summed E-state index contributed by atoms with van der Waals surface area (Å²) in [7, 11) is 0. The highest BCUT2D eigenvalue weighted by Gasteiger charge is 2.06. The first-order valence-corrected chi connectivity index (χ1v) is 4.72. The largest absolute Gasteiger partial charge is 0.618 e. The molecule has 0 aliphatic rings. The first kappa shape index (κ1) is 8.17. The van der Waals surface area contributed by atoms with Crippen LogP contribution < -0.4 is 4.73 Å². The highest BCUT2D eigenvalue weighted by atomic mass is 16.5. The fraction of sp³-hybridized carbons (Fsp3) is 0. The maximum Gasteiger partial charge on any atom is 0.224 e. The molecule has 2 heterocycles. The standard InChI is InChI=1S/C12H8N2O/c15-14-8-2-4-10-9-3-1-7-13-11(9)5-6-12(10)14/h1-8H. The van der Waals surface area contributed by atoms with Crippen molar-refractivity contribution in [3.63, 3.8) is 0 Å². The summed E-state index contributed by atoms with van der Waals surface area (Å²) in [4.78, 5) is 4.25. The fourth-order valence-electron chi connectivity index (χ4n) is 1.83. The van der Waals surface area contributed by atoms with E-state index in [1.165, 1.54) is 6.20 Å². The molecule has 2 aromatic heterocycles. The molecule has 0 aliphatic heterocycles. The van der Waals surface area contributed by atoms with Gasteiger partial charge in [0.2, 0.25) is 5.52 Å². The third kappa shape index (κ3) is 1.13. The summed E-state index contributed by atoms with van der Waals surface area (Å²) in [6.07, 6.45) is 3.26. The lowest BCUT2D eigenvalue weighted by molar-refractivity contribution is -0.576. The number of hydrogen-bond acceptors (Lipinski definition) is 2. The number of nitrogens with zero attached hydrogens (tertiary/aromatic N) is 2. The Morgan fingerprint density at radius 1 is 1.00 bits per heavy atom. The van der Waals surface area contributed by atoms with E-state index in [0.717, 1.165) is 21.0 Å². The molecule has 0 aliphatic carbocycles. The van der Waals surface area contributed by atoms with Crippen LogP contribution in [0.1, 0.15) is 0 Å². The zero-order chi connectivity index (χ0) is 10.3. The zero-order valence-corrected chi connectivity index (χ0v) is 7.92. The molecule has 3 nitrogen and oxygen atoms in total. The van der Waals surface area contributed by atoms with E-state index in [2.05, 4.69) is 4.98 Å². The second-order valence-corrected chi connectivity index (χ2v) is 3.40. The Morgan fingerprint density at radius 2 is 1.87 bits per heavy atom. The molecule has 1 aromatic carbocycles. The van der Waals surface area contributed by atoms with Crippen LogP contribution in [0.15, 0.2) is 48.8 Å². The van der Waals surface area contributed by atoms with E-state index >= 15 is 0 Å². The van der Waals surface area contributed by atoms with Crippen LogP contribution in [0.5, 0.6) is 0 Å². The molecule has 0 bridgehead atoms. The highest BCUT2D eigenvalue weighted by molar-refractivity contribution is 6.03. The number of hydrogen-bond donors (Lipinski definition) is 0. The maximum absolute atomic E-state index is 11.5. The molecule has 0 fully saturated rings. The minimum atomic E-state index is 0.679.